The summed E-state index contributed by atoms with van der Waals surface area (Å²) in [5.41, 5.74) is 0.461. The molecule has 1 aromatic heterocycles. The molecule has 2 aromatic rings. The van der Waals surface area contributed by atoms with Crippen LogP contribution < -0.4 is 4.84 Å². The molecule has 0 N–H and O–H groups in total. The number of benzene rings is 1. The summed E-state index contributed by atoms with van der Waals surface area (Å²) in [5.74, 6) is 0. The maximum Gasteiger partial charge on any atom is 0.534 e. The summed E-state index contributed by atoms with van der Waals surface area (Å²) in [5, 5.41) is 0.723. The molecule has 5 nitrogen and oxygen atoms in total. The molecule has 0 aliphatic rings. The van der Waals surface area contributed by atoms with Gasteiger partial charge >= 0.3 is 6.16 Å². The predicted octanol–water partition coefficient (Wildman–Crippen LogP) is 2.82. The third-order valence-electron chi connectivity index (χ3n) is 2.40. The number of para-hydroxylation sites is 1. The minimum atomic E-state index is -0.814. The van der Waals surface area contributed by atoms with Crippen LogP contribution in [0.3, 0.4) is 0 Å². The van der Waals surface area contributed by atoms with E-state index in [-0.39, 0.29) is 0 Å². The zero-order valence-electron chi connectivity index (χ0n) is 11.0. The number of rotatable bonds is 2. The van der Waals surface area contributed by atoms with Crippen molar-refractivity contribution in [2.75, 3.05) is 0 Å². The van der Waals surface area contributed by atoms with E-state index in [4.69, 9.17) is 9.57 Å². The van der Waals surface area contributed by atoms with Crippen LogP contribution in [0.25, 0.3) is 10.9 Å². The molecule has 0 bridgehead atoms. The fourth-order valence-electron chi connectivity index (χ4n) is 1.69. The summed E-state index contributed by atoms with van der Waals surface area (Å²) in [7, 11) is 0. The van der Waals surface area contributed by atoms with E-state index < -0.39 is 11.8 Å². The maximum absolute atomic E-state index is 11.6. The molecule has 0 saturated heterocycles. The van der Waals surface area contributed by atoms with Gasteiger partial charge in [0.05, 0.1) is 11.7 Å². The van der Waals surface area contributed by atoms with Gasteiger partial charge in [-0.25, -0.2) is 4.79 Å². The highest BCUT2D eigenvalue weighted by molar-refractivity contribution is 5.97. The molecule has 1 aromatic carbocycles. The predicted molar refractivity (Wildman–Crippen MR) is 70.1 cm³/mol. The van der Waals surface area contributed by atoms with E-state index in [9.17, 15) is 9.59 Å². The lowest BCUT2D eigenvalue weighted by Gasteiger charge is -2.18. The Morgan fingerprint density at radius 1 is 1.26 bits per heavy atom. The Labute approximate surface area is 110 Å². The van der Waals surface area contributed by atoms with Gasteiger partial charge < -0.3 is 9.57 Å². The van der Waals surface area contributed by atoms with Gasteiger partial charge in [-0.3, -0.25) is 4.79 Å². The first-order valence-electron chi connectivity index (χ1n) is 5.87. The van der Waals surface area contributed by atoms with Crippen molar-refractivity contribution in [3.8, 4) is 0 Å². The van der Waals surface area contributed by atoms with Gasteiger partial charge in [-0.2, -0.15) is 4.73 Å². The molecule has 0 aliphatic heterocycles. The van der Waals surface area contributed by atoms with Gasteiger partial charge in [-0.1, -0.05) is 18.2 Å². The fraction of sp³-hybridized carbons (Fsp3) is 0.286. The molecule has 0 atom stereocenters. The number of fused-ring (bicyclic) bond motifs is 1. The first-order valence-corrected chi connectivity index (χ1v) is 5.87. The number of carbonyl (C=O) groups is 2. The molecule has 100 valence electrons. The summed E-state index contributed by atoms with van der Waals surface area (Å²) < 4.78 is 6.31. The number of nitrogens with zero attached hydrogens (tertiary/aromatic N) is 1. The normalized spacial score (nSPS) is 11.3. The molecule has 0 unspecified atom stereocenters. The van der Waals surface area contributed by atoms with Crippen molar-refractivity contribution in [2.24, 2.45) is 0 Å². The molecule has 0 radical (unpaired) electrons. The Hall–Kier alpha value is -2.30. The van der Waals surface area contributed by atoms with Gasteiger partial charge in [-0.15, -0.1) is 0 Å². The number of hydrogen-bond acceptors (Lipinski definition) is 4. The first kappa shape index (κ1) is 13.1. The largest absolute Gasteiger partial charge is 0.534 e. The third-order valence-corrected chi connectivity index (χ3v) is 2.40. The van der Waals surface area contributed by atoms with Gasteiger partial charge in [0.2, 0.25) is 0 Å². The van der Waals surface area contributed by atoms with Gasteiger partial charge in [0.25, 0.3) is 0 Å². The molecule has 2 rings (SSSR count). The minimum Gasteiger partial charge on any atom is -0.427 e. The van der Waals surface area contributed by atoms with Crippen molar-refractivity contribution in [1.82, 2.24) is 4.73 Å². The van der Waals surface area contributed by atoms with Crippen LogP contribution in [0, 0.1) is 0 Å². The molecule has 5 heteroatoms. The molecular formula is C14H15NO4. The first-order chi connectivity index (χ1) is 8.90. The smallest absolute Gasteiger partial charge is 0.427 e. The lowest BCUT2D eigenvalue weighted by atomic mass is 10.2. The molecule has 0 amide bonds. The van der Waals surface area contributed by atoms with Crippen LogP contribution in [0.4, 0.5) is 4.79 Å². The van der Waals surface area contributed by atoms with Crippen LogP contribution in [0.15, 0.2) is 30.5 Å². The standard InChI is InChI=1S/C14H15NO4/c1-14(2,3)18-13(17)19-15-8-10(9-16)11-6-4-5-7-12(11)15/h4-9H,1-3H3. The lowest BCUT2D eigenvalue weighted by Crippen LogP contribution is -2.29. The summed E-state index contributed by atoms with van der Waals surface area (Å²) in [6.07, 6.45) is 1.37. The second kappa shape index (κ2) is 4.76. The molecule has 0 spiro atoms. The zero-order valence-corrected chi connectivity index (χ0v) is 11.0. The lowest BCUT2D eigenvalue weighted by molar-refractivity contribution is -0.00878. The van der Waals surface area contributed by atoms with Crippen LogP contribution in [0.2, 0.25) is 0 Å². The van der Waals surface area contributed by atoms with Crippen molar-refractivity contribution in [2.45, 2.75) is 26.4 Å². The maximum atomic E-state index is 11.6. The van der Waals surface area contributed by atoms with Crippen LogP contribution in [0.1, 0.15) is 31.1 Å². The molecule has 19 heavy (non-hydrogen) atoms. The Bertz CT molecular complexity index is 622. The molecular weight excluding hydrogens is 246 g/mol. The Morgan fingerprint density at radius 2 is 1.95 bits per heavy atom. The number of aldehydes is 1. The zero-order chi connectivity index (χ0) is 14.0. The van der Waals surface area contributed by atoms with Crippen molar-refractivity contribution in [3.63, 3.8) is 0 Å². The summed E-state index contributed by atoms with van der Waals surface area (Å²) >= 11 is 0. The minimum absolute atomic E-state index is 0.458. The molecule has 1 heterocycles. The van der Waals surface area contributed by atoms with E-state index in [2.05, 4.69) is 0 Å². The van der Waals surface area contributed by atoms with Crippen molar-refractivity contribution in [3.05, 3.63) is 36.0 Å². The molecule has 0 fully saturated rings. The van der Waals surface area contributed by atoms with Gasteiger partial charge in [0.15, 0.2) is 6.29 Å². The monoisotopic (exact) mass is 261 g/mol. The van der Waals surface area contributed by atoms with E-state index in [0.29, 0.717) is 11.1 Å². The number of ether oxygens (including phenoxy) is 1. The van der Waals surface area contributed by atoms with E-state index in [1.165, 1.54) is 10.9 Å². The summed E-state index contributed by atoms with van der Waals surface area (Å²) in [6.45, 7) is 5.25. The SMILES string of the molecule is CC(C)(C)OC(=O)On1cc(C=O)c2ccccc21. The highest BCUT2D eigenvalue weighted by Gasteiger charge is 2.19. The Kier molecular flexibility index (Phi) is 3.29. The van der Waals surface area contributed by atoms with E-state index in [1.54, 1.807) is 39.0 Å². The summed E-state index contributed by atoms with van der Waals surface area (Å²) in [4.78, 5) is 27.7. The van der Waals surface area contributed by atoms with Crippen molar-refractivity contribution >= 4 is 23.3 Å². The van der Waals surface area contributed by atoms with Gasteiger partial charge in [0.1, 0.15) is 5.60 Å². The van der Waals surface area contributed by atoms with Crippen LogP contribution >= 0.6 is 0 Å². The van der Waals surface area contributed by atoms with Gasteiger partial charge in [0, 0.05) is 10.9 Å². The Morgan fingerprint density at radius 3 is 2.58 bits per heavy atom. The van der Waals surface area contributed by atoms with E-state index in [0.717, 1.165) is 11.7 Å². The molecule has 0 aliphatic carbocycles. The van der Waals surface area contributed by atoms with Crippen LogP contribution in [-0.2, 0) is 4.74 Å². The van der Waals surface area contributed by atoms with E-state index in [1.807, 2.05) is 6.07 Å². The second-order valence-electron chi connectivity index (χ2n) is 5.10. The average molecular weight is 261 g/mol. The van der Waals surface area contributed by atoms with Crippen LogP contribution in [-0.4, -0.2) is 22.8 Å². The fourth-order valence-corrected chi connectivity index (χ4v) is 1.69. The summed E-state index contributed by atoms with van der Waals surface area (Å²) in [6, 6.07) is 7.15. The molecule has 0 saturated carbocycles. The number of aromatic nitrogens is 1. The van der Waals surface area contributed by atoms with Crippen molar-refractivity contribution in [1.29, 1.82) is 0 Å². The average Bonchev–Trinajstić information content (AvgIpc) is 2.65. The van der Waals surface area contributed by atoms with Crippen molar-refractivity contribution < 1.29 is 19.2 Å². The Balaban J connectivity index is 2.31. The topological polar surface area (TPSA) is 57.5 Å². The van der Waals surface area contributed by atoms with Gasteiger partial charge in [-0.05, 0) is 26.8 Å². The highest BCUT2D eigenvalue weighted by Crippen LogP contribution is 2.19. The number of hydrogen-bond donors (Lipinski definition) is 0. The quantitative estimate of drug-likeness (QED) is 0.616. The van der Waals surface area contributed by atoms with E-state index >= 15 is 0 Å². The third kappa shape index (κ3) is 2.93. The second-order valence-corrected chi connectivity index (χ2v) is 5.10. The number of carbonyl (C=O) groups excluding carboxylic acids is 2. The highest BCUT2D eigenvalue weighted by atomic mass is 16.8. The van der Waals surface area contributed by atoms with Crippen LogP contribution in [0.5, 0.6) is 0 Å².